The van der Waals surface area contributed by atoms with Crippen molar-refractivity contribution in [3.8, 4) is 0 Å². The van der Waals surface area contributed by atoms with Gasteiger partial charge in [0.15, 0.2) is 0 Å². The fourth-order valence-corrected chi connectivity index (χ4v) is 3.03. The summed E-state index contributed by atoms with van der Waals surface area (Å²) in [5, 5.41) is 22.6. The molecule has 0 radical (unpaired) electrons. The van der Waals surface area contributed by atoms with E-state index < -0.39 is 12.2 Å². The van der Waals surface area contributed by atoms with Gasteiger partial charge in [0.1, 0.15) is 0 Å². The van der Waals surface area contributed by atoms with Crippen molar-refractivity contribution in [1.82, 2.24) is 10.2 Å². The van der Waals surface area contributed by atoms with Crippen LogP contribution in [0.2, 0.25) is 0 Å². The van der Waals surface area contributed by atoms with E-state index in [0.717, 1.165) is 12.0 Å². The van der Waals surface area contributed by atoms with Crippen LogP contribution in [0.5, 0.6) is 0 Å². The van der Waals surface area contributed by atoms with Crippen molar-refractivity contribution in [2.24, 2.45) is 5.92 Å². The van der Waals surface area contributed by atoms with Gasteiger partial charge >= 0.3 is 6.03 Å². The van der Waals surface area contributed by atoms with E-state index in [1.807, 2.05) is 37.3 Å². The van der Waals surface area contributed by atoms with E-state index in [4.69, 9.17) is 0 Å². The van der Waals surface area contributed by atoms with Gasteiger partial charge in [-0.25, -0.2) is 4.79 Å². The number of hydrogen-bond donors (Lipinski definition) is 3. The summed E-state index contributed by atoms with van der Waals surface area (Å²) >= 11 is 0. The molecule has 1 aromatic rings. The second-order valence-electron chi connectivity index (χ2n) is 6.66. The van der Waals surface area contributed by atoms with Crippen molar-refractivity contribution >= 4 is 6.03 Å². The minimum Gasteiger partial charge on any atom is -0.393 e. The third kappa shape index (κ3) is 5.22. The second-order valence-corrected chi connectivity index (χ2v) is 6.66. The number of nitrogens with zero attached hydrogens (tertiary/aromatic N) is 1. The molecule has 4 unspecified atom stereocenters. The number of rotatable bonds is 5. The van der Waals surface area contributed by atoms with Gasteiger partial charge in [-0.15, -0.1) is 0 Å². The Morgan fingerprint density at radius 2 is 2.09 bits per heavy atom. The summed E-state index contributed by atoms with van der Waals surface area (Å²) in [5.74, 6) is 0.320. The van der Waals surface area contributed by atoms with E-state index in [0.29, 0.717) is 26.1 Å². The molecule has 3 N–H and O–H groups in total. The van der Waals surface area contributed by atoms with Crippen LogP contribution in [0.4, 0.5) is 4.79 Å². The number of urea groups is 1. The van der Waals surface area contributed by atoms with Crippen LogP contribution in [0.3, 0.4) is 0 Å². The lowest BCUT2D eigenvalue weighted by Crippen LogP contribution is -2.50. The predicted molar refractivity (Wildman–Crippen MR) is 90.2 cm³/mol. The molecule has 0 bridgehead atoms. The van der Waals surface area contributed by atoms with Gasteiger partial charge in [-0.2, -0.15) is 0 Å². The molecule has 0 aromatic heterocycles. The molecule has 4 atom stereocenters. The maximum atomic E-state index is 12.3. The molecule has 0 saturated carbocycles. The SMILES string of the molecule is CC(O)CC(CNC(=O)N1CCC(C)C(O)C1)c1ccccc1. The van der Waals surface area contributed by atoms with Crippen LogP contribution >= 0.6 is 0 Å². The van der Waals surface area contributed by atoms with E-state index in [9.17, 15) is 15.0 Å². The topological polar surface area (TPSA) is 72.8 Å². The van der Waals surface area contributed by atoms with Crippen molar-refractivity contribution in [3.63, 3.8) is 0 Å². The molecule has 5 nitrogen and oxygen atoms in total. The van der Waals surface area contributed by atoms with E-state index in [1.165, 1.54) is 0 Å². The Labute approximate surface area is 138 Å². The summed E-state index contributed by atoms with van der Waals surface area (Å²) in [7, 11) is 0. The number of likely N-dealkylation sites (tertiary alicyclic amines) is 1. The van der Waals surface area contributed by atoms with Crippen LogP contribution in [0.25, 0.3) is 0 Å². The molecule has 1 aliphatic heterocycles. The zero-order valence-corrected chi connectivity index (χ0v) is 14.0. The van der Waals surface area contributed by atoms with Gasteiger partial charge in [0.2, 0.25) is 0 Å². The molecule has 1 aliphatic rings. The fraction of sp³-hybridized carbons (Fsp3) is 0.611. The number of benzene rings is 1. The Balaban J connectivity index is 1.91. The number of nitrogens with one attached hydrogen (secondary N) is 1. The zero-order chi connectivity index (χ0) is 16.8. The molecule has 1 saturated heterocycles. The molecule has 0 spiro atoms. The van der Waals surface area contributed by atoms with E-state index >= 15 is 0 Å². The maximum Gasteiger partial charge on any atom is 0.317 e. The molecule has 128 valence electrons. The Hall–Kier alpha value is -1.59. The number of β-amino-alcohol motifs (C(OH)–C–C–N with tert-alkyl or cyclic N) is 1. The van der Waals surface area contributed by atoms with Gasteiger partial charge in [-0.3, -0.25) is 0 Å². The van der Waals surface area contributed by atoms with E-state index in [1.54, 1.807) is 11.8 Å². The number of aliphatic hydroxyl groups excluding tert-OH is 2. The standard InChI is InChI=1S/C18H28N2O3/c1-13-8-9-20(12-17(13)22)18(23)19-11-16(10-14(2)21)15-6-4-3-5-7-15/h3-7,13-14,16-17,21-22H,8-12H2,1-2H3,(H,19,23). The molecule has 5 heteroatoms. The molecule has 2 amide bonds. The maximum absolute atomic E-state index is 12.3. The summed E-state index contributed by atoms with van der Waals surface area (Å²) < 4.78 is 0. The highest BCUT2D eigenvalue weighted by Gasteiger charge is 2.27. The summed E-state index contributed by atoms with van der Waals surface area (Å²) in [6, 6.07) is 9.79. The summed E-state index contributed by atoms with van der Waals surface area (Å²) in [5.41, 5.74) is 1.11. The summed E-state index contributed by atoms with van der Waals surface area (Å²) in [6.45, 7) is 5.32. The van der Waals surface area contributed by atoms with Crippen molar-refractivity contribution in [2.45, 2.75) is 44.8 Å². The highest BCUT2D eigenvalue weighted by Crippen LogP contribution is 2.21. The first-order chi connectivity index (χ1) is 11.0. The van der Waals surface area contributed by atoms with Crippen LogP contribution in [-0.4, -0.2) is 53.0 Å². The molecule has 0 aliphatic carbocycles. The molecular formula is C18H28N2O3. The Bertz CT molecular complexity index is 492. The van der Waals surface area contributed by atoms with Crippen LogP contribution in [0.15, 0.2) is 30.3 Å². The Morgan fingerprint density at radius 1 is 1.39 bits per heavy atom. The van der Waals surface area contributed by atoms with E-state index in [-0.39, 0.29) is 17.9 Å². The van der Waals surface area contributed by atoms with Crippen LogP contribution in [0.1, 0.15) is 38.2 Å². The smallest absolute Gasteiger partial charge is 0.317 e. The molecule has 23 heavy (non-hydrogen) atoms. The molecule has 2 rings (SSSR count). The number of aliphatic hydroxyl groups is 2. The van der Waals surface area contributed by atoms with Gasteiger partial charge in [0, 0.05) is 25.6 Å². The minimum absolute atomic E-state index is 0.0776. The van der Waals surface area contributed by atoms with Gasteiger partial charge in [0.25, 0.3) is 0 Å². The number of amides is 2. The van der Waals surface area contributed by atoms with Gasteiger partial charge < -0.3 is 20.4 Å². The number of carbonyl (C=O) groups excluding carboxylic acids is 1. The Kier molecular flexibility index (Phi) is 6.42. The Morgan fingerprint density at radius 3 is 2.70 bits per heavy atom. The number of piperidine rings is 1. The molecular weight excluding hydrogens is 292 g/mol. The number of hydrogen-bond acceptors (Lipinski definition) is 3. The highest BCUT2D eigenvalue weighted by molar-refractivity contribution is 5.74. The lowest BCUT2D eigenvalue weighted by molar-refractivity contribution is 0.0434. The van der Waals surface area contributed by atoms with Gasteiger partial charge in [-0.05, 0) is 31.2 Å². The zero-order valence-electron chi connectivity index (χ0n) is 14.0. The predicted octanol–water partition coefficient (Wildman–Crippen LogP) is 1.95. The molecule has 1 aromatic carbocycles. The molecule has 1 fully saturated rings. The summed E-state index contributed by atoms with van der Waals surface area (Å²) in [6.07, 6.45) is 0.556. The average molecular weight is 320 g/mol. The van der Waals surface area contributed by atoms with Crippen molar-refractivity contribution < 1.29 is 15.0 Å². The third-order valence-electron chi connectivity index (χ3n) is 4.60. The van der Waals surface area contributed by atoms with E-state index in [2.05, 4.69) is 5.32 Å². The normalized spacial score (nSPS) is 24.1. The van der Waals surface area contributed by atoms with Crippen LogP contribution < -0.4 is 5.32 Å². The van der Waals surface area contributed by atoms with Crippen LogP contribution in [0, 0.1) is 5.92 Å². The van der Waals surface area contributed by atoms with Gasteiger partial charge in [0.05, 0.1) is 12.2 Å². The summed E-state index contributed by atoms with van der Waals surface area (Å²) in [4.78, 5) is 14.0. The van der Waals surface area contributed by atoms with Crippen LogP contribution in [-0.2, 0) is 0 Å². The highest BCUT2D eigenvalue weighted by atomic mass is 16.3. The molecule has 1 heterocycles. The monoisotopic (exact) mass is 320 g/mol. The van der Waals surface area contributed by atoms with Crippen molar-refractivity contribution in [2.75, 3.05) is 19.6 Å². The average Bonchev–Trinajstić information content (AvgIpc) is 2.54. The lowest BCUT2D eigenvalue weighted by atomic mass is 9.93. The lowest BCUT2D eigenvalue weighted by Gasteiger charge is -2.34. The fourth-order valence-electron chi connectivity index (χ4n) is 3.03. The van der Waals surface area contributed by atoms with Crippen molar-refractivity contribution in [1.29, 1.82) is 0 Å². The largest absolute Gasteiger partial charge is 0.393 e. The third-order valence-corrected chi connectivity index (χ3v) is 4.60. The second kappa shape index (κ2) is 8.31. The van der Waals surface area contributed by atoms with Gasteiger partial charge in [-0.1, -0.05) is 37.3 Å². The first kappa shape index (κ1) is 17.8. The minimum atomic E-state index is -0.447. The number of carbonyl (C=O) groups is 1. The first-order valence-corrected chi connectivity index (χ1v) is 8.41. The van der Waals surface area contributed by atoms with Crippen molar-refractivity contribution in [3.05, 3.63) is 35.9 Å². The first-order valence-electron chi connectivity index (χ1n) is 8.41. The quantitative estimate of drug-likeness (QED) is 0.776.